The fourth-order valence-corrected chi connectivity index (χ4v) is 3.60. The standard InChI is InChI=1S/C18H21N3O2/c1-2-5-13(6-3-1)23-17-9-11-19-18(21-17)20-15-7-4-8-16-14(15)10-12-22-16/h1-3,5-6,9,11,14-16H,4,7-8,10,12H2,(H,19,20,21). The lowest BCUT2D eigenvalue weighted by molar-refractivity contribution is 0.0619. The minimum atomic E-state index is 0.392. The number of hydrogen-bond acceptors (Lipinski definition) is 5. The van der Waals surface area contributed by atoms with Gasteiger partial charge >= 0.3 is 0 Å². The van der Waals surface area contributed by atoms with Crippen molar-refractivity contribution in [3.63, 3.8) is 0 Å². The lowest BCUT2D eigenvalue weighted by Crippen LogP contribution is -2.38. The molecule has 3 atom stereocenters. The van der Waals surface area contributed by atoms with E-state index in [1.165, 1.54) is 12.8 Å². The van der Waals surface area contributed by atoms with Crippen molar-refractivity contribution in [3.8, 4) is 11.6 Å². The Hall–Kier alpha value is -2.14. The maximum atomic E-state index is 5.82. The minimum absolute atomic E-state index is 0.392. The molecule has 2 aromatic rings. The second kappa shape index (κ2) is 6.54. The van der Waals surface area contributed by atoms with Crippen LogP contribution in [-0.2, 0) is 4.74 Å². The average Bonchev–Trinajstić information content (AvgIpc) is 3.06. The molecule has 1 aliphatic heterocycles. The zero-order valence-corrected chi connectivity index (χ0v) is 13.0. The molecule has 4 rings (SSSR count). The lowest BCUT2D eigenvalue weighted by Gasteiger charge is -2.33. The number of nitrogens with zero attached hydrogens (tertiary/aromatic N) is 2. The van der Waals surface area contributed by atoms with Gasteiger partial charge in [0.05, 0.1) is 6.10 Å². The second-order valence-corrected chi connectivity index (χ2v) is 6.18. The van der Waals surface area contributed by atoms with E-state index in [1.54, 1.807) is 12.3 Å². The Kier molecular flexibility index (Phi) is 4.11. The van der Waals surface area contributed by atoms with Gasteiger partial charge in [-0.1, -0.05) is 18.2 Å². The van der Waals surface area contributed by atoms with Crippen LogP contribution in [0.5, 0.6) is 11.6 Å². The Balaban J connectivity index is 1.46. The fourth-order valence-electron chi connectivity index (χ4n) is 3.60. The van der Waals surface area contributed by atoms with Crippen LogP contribution < -0.4 is 10.1 Å². The topological polar surface area (TPSA) is 56.3 Å². The van der Waals surface area contributed by atoms with Crippen LogP contribution in [0, 0.1) is 5.92 Å². The van der Waals surface area contributed by atoms with Gasteiger partial charge in [0.1, 0.15) is 5.75 Å². The smallest absolute Gasteiger partial charge is 0.226 e. The van der Waals surface area contributed by atoms with Crippen molar-refractivity contribution in [1.29, 1.82) is 0 Å². The highest BCUT2D eigenvalue weighted by Crippen LogP contribution is 2.35. The number of ether oxygens (including phenoxy) is 2. The first-order valence-corrected chi connectivity index (χ1v) is 8.32. The quantitative estimate of drug-likeness (QED) is 0.934. The van der Waals surface area contributed by atoms with E-state index in [-0.39, 0.29) is 0 Å². The van der Waals surface area contributed by atoms with Gasteiger partial charge in [-0.05, 0) is 37.8 Å². The van der Waals surface area contributed by atoms with Crippen molar-refractivity contribution in [3.05, 3.63) is 42.6 Å². The molecule has 2 aliphatic rings. The van der Waals surface area contributed by atoms with Crippen LogP contribution in [0.25, 0.3) is 0 Å². The molecule has 1 aromatic carbocycles. The van der Waals surface area contributed by atoms with Gasteiger partial charge in [-0.2, -0.15) is 4.98 Å². The van der Waals surface area contributed by atoms with E-state index in [0.717, 1.165) is 25.2 Å². The first-order chi connectivity index (χ1) is 11.4. The predicted molar refractivity (Wildman–Crippen MR) is 87.7 cm³/mol. The van der Waals surface area contributed by atoms with Crippen LogP contribution in [0.3, 0.4) is 0 Å². The highest BCUT2D eigenvalue weighted by atomic mass is 16.5. The SMILES string of the molecule is c1ccc(Oc2ccnc(NC3CCCC4OCCC34)n2)cc1. The number of rotatable bonds is 4. The van der Waals surface area contributed by atoms with Gasteiger partial charge in [0, 0.05) is 30.8 Å². The van der Waals surface area contributed by atoms with Gasteiger partial charge in [0.15, 0.2) is 0 Å². The van der Waals surface area contributed by atoms with Gasteiger partial charge in [-0.25, -0.2) is 4.98 Å². The van der Waals surface area contributed by atoms with Gasteiger partial charge in [-0.3, -0.25) is 0 Å². The van der Waals surface area contributed by atoms with Crippen molar-refractivity contribution >= 4 is 5.95 Å². The molecule has 23 heavy (non-hydrogen) atoms. The fraction of sp³-hybridized carbons (Fsp3) is 0.444. The highest BCUT2D eigenvalue weighted by Gasteiger charge is 2.37. The highest BCUT2D eigenvalue weighted by molar-refractivity contribution is 5.32. The molecule has 1 saturated carbocycles. The molecule has 0 bridgehead atoms. The zero-order chi connectivity index (χ0) is 15.5. The number of hydrogen-bond donors (Lipinski definition) is 1. The Morgan fingerprint density at radius 2 is 2.00 bits per heavy atom. The third-order valence-corrected chi connectivity index (χ3v) is 4.69. The number of nitrogens with one attached hydrogen (secondary N) is 1. The summed E-state index contributed by atoms with van der Waals surface area (Å²) in [5, 5.41) is 3.50. The summed E-state index contributed by atoms with van der Waals surface area (Å²) >= 11 is 0. The minimum Gasteiger partial charge on any atom is -0.439 e. The Bertz CT molecular complexity index is 650. The number of benzene rings is 1. The molecule has 1 N–H and O–H groups in total. The molecular formula is C18H21N3O2. The summed E-state index contributed by atoms with van der Waals surface area (Å²) in [5.74, 6) is 2.55. The number of para-hydroxylation sites is 1. The molecule has 2 heterocycles. The van der Waals surface area contributed by atoms with Gasteiger partial charge in [0.2, 0.25) is 11.8 Å². The zero-order valence-electron chi connectivity index (χ0n) is 13.0. The molecule has 0 radical (unpaired) electrons. The molecule has 1 saturated heterocycles. The van der Waals surface area contributed by atoms with Crippen LogP contribution in [0.2, 0.25) is 0 Å². The molecule has 5 nitrogen and oxygen atoms in total. The van der Waals surface area contributed by atoms with Crippen LogP contribution >= 0.6 is 0 Å². The summed E-state index contributed by atoms with van der Waals surface area (Å²) < 4.78 is 11.6. The normalized spacial score (nSPS) is 26.5. The summed E-state index contributed by atoms with van der Waals surface area (Å²) in [5.41, 5.74) is 0. The van der Waals surface area contributed by atoms with E-state index in [0.29, 0.717) is 29.9 Å². The van der Waals surface area contributed by atoms with E-state index in [2.05, 4.69) is 15.3 Å². The largest absolute Gasteiger partial charge is 0.439 e. The van der Waals surface area contributed by atoms with E-state index < -0.39 is 0 Å². The summed E-state index contributed by atoms with van der Waals surface area (Å²) in [4.78, 5) is 8.84. The summed E-state index contributed by atoms with van der Waals surface area (Å²) in [6.07, 6.45) is 6.80. The third-order valence-electron chi connectivity index (χ3n) is 4.69. The molecule has 5 heteroatoms. The van der Waals surface area contributed by atoms with E-state index in [9.17, 15) is 0 Å². The lowest BCUT2D eigenvalue weighted by atomic mass is 9.82. The molecule has 2 fully saturated rings. The first kappa shape index (κ1) is 14.5. The Morgan fingerprint density at radius 3 is 2.91 bits per heavy atom. The van der Waals surface area contributed by atoms with E-state index in [1.807, 2.05) is 30.3 Å². The van der Waals surface area contributed by atoms with Crippen molar-refractivity contribution < 1.29 is 9.47 Å². The van der Waals surface area contributed by atoms with E-state index >= 15 is 0 Å². The molecule has 1 aliphatic carbocycles. The van der Waals surface area contributed by atoms with Gasteiger partial charge in [-0.15, -0.1) is 0 Å². The molecule has 0 spiro atoms. The van der Waals surface area contributed by atoms with Crippen molar-refractivity contribution in [2.75, 3.05) is 11.9 Å². The summed E-state index contributed by atoms with van der Waals surface area (Å²) in [7, 11) is 0. The monoisotopic (exact) mass is 311 g/mol. The number of aromatic nitrogens is 2. The van der Waals surface area contributed by atoms with Crippen molar-refractivity contribution in [2.45, 2.75) is 37.8 Å². The average molecular weight is 311 g/mol. The van der Waals surface area contributed by atoms with Crippen LogP contribution in [0.1, 0.15) is 25.7 Å². The van der Waals surface area contributed by atoms with Crippen molar-refractivity contribution in [1.82, 2.24) is 9.97 Å². The molecule has 0 amide bonds. The number of anilines is 1. The number of fused-ring (bicyclic) bond motifs is 1. The molecule has 1 aromatic heterocycles. The summed E-state index contributed by atoms with van der Waals surface area (Å²) in [6.45, 7) is 0.880. The van der Waals surface area contributed by atoms with Crippen molar-refractivity contribution in [2.24, 2.45) is 5.92 Å². The Labute approximate surface area is 136 Å². The molecular weight excluding hydrogens is 290 g/mol. The second-order valence-electron chi connectivity index (χ2n) is 6.18. The van der Waals surface area contributed by atoms with Gasteiger partial charge < -0.3 is 14.8 Å². The Morgan fingerprint density at radius 1 is 1.09 bits per heavy atom. The predicted octanol–water partition coefficient (Wildman–Crippen LogP) is 3.64. The molecule has 3 unspecified atom stereocenters. The third kappa shape index (κ3) is 3.29. The maximum Gasteiger partial charge on any atom is 0.226 e. The summed E-state index contributed by atoms with van der Waals surface area (Å²) in [6, 6.07) is 11.8. The maximum absolute atomic E-state index is 5.82. The van der Waals surface area contributed by atoms with Crippen LogP contribution in [0.4, 0.5) is 5.95 Å². The van der Waals surface area contributed by atoms with Crippen LogP contribution in [-0.4, -0.2) is 28.7 Å². The van der Waals surface area contributed by atoms with E-state index in [4.69, 9.17) is 9.47 Å². The first-order valence-electron chi connectivity index (χ1n) is 8.32. The molecule has 120 valence electrons. The van der Waals surface area contributed by atoms with Crippen LogP contribution in [0.15, 0.2) is 42.6 Å². The van der Waals surface area contributed by atoms with Gasteiger partial charge in [0.25, 0.3) is 0 Å².